The third-order valence-electron chi connectivity index (χ3n) is 5.15. The van der Waals surface area contributed by atoms with Crippen molar-refractivity contribution in [2.45, 2.75) is 44.2 Å². The van der Waals surface area contributed by atoms with E-state index in [-0.39, 0.29) is 17.7 Å². The van der Waals surface area contributed by atoms with Crippen molar-refractivity contribution in [3.05, 3.63) is 12.7 Å². The highest BCUT2D eigenvalue weighted by Crippen LogP contribution is 2.45. The van der Waals surface area contributed by atoms with Crippen LogP contribution in [0.4, 0.5) is 0 Å². The Morgan fingerprint density at radius 2 is 1.82 bits per heavy atom. The Labute approximate surface area is 130 Å². The van der Waals surface area contributed by atoms with Crippen LogP contribution in [0.2, 0.25) is 0 Å². The Balaban J connectivity index is 1.74. The molecule has 0 aromatic heterocycles. The summed E-state index contributed by atoms with van der Waals surface area (Å²) < 4.78 is 0. The van der Waals surface area contributed by atoms with E-state index in [1.54, 1.807) is 16.7 Å². The van der Waals surface area contributed by atoms with Crippen molar-refractivity contribution in [1.82, 2.24) is 14.7 Å². The Bertz CT molecular complexity index is 521. The quantitative estimate of drug-likeness (QED) is 0.709. The van der Waals surface area contributed by atoms with Crippen molar-refractivity contribution in [3.63, 3.8) is 0 Å². The van der Waals surface area contributed by atoms with Crippen molar-refractivity contribution in [3.8, 4) is 0 Å². The first-order valence-corrected chi connectivity index (χ1v) is 8.05. The van der Waals surface area contributed by atoms with Gasteiger partial charge in [0, 0.05) is 26.2 Å². The number of piperazine rings is 1. The number of nitrogens with zero attached hydrogens (tertiary/aromatic N) is 3. The summed E-state index contributed by atoms with van der Waals surface area (Å²) in [6.07, 6.45) is 4.72. The fourth-order valence-electron chi connectivity index (χ4n) is 3.64. The van der Waals surface area contributed by atoms with Gasteiger partial charge < -0.3 is 14.7 Å². The van der Waals surface area contributed by atoms with Gasteiger partial charge in [-0.15, -0.1) is 0 Å². The lowest BCUT2D eigenvalue weighted by atomic mass is 10.1. The van der Waals surface area contributed by atoms with Gasteiger partial charge in [0.25, 0.3) is 0 Å². The van der Waals surface area contributed by atoms with E-state index in [4.69, 9.17) is 0 Å². The molecule has 2 heterocycles. The maximum atomic E-state index is 12.8. The second-order valence-electron chi connectivity index (χ2n) is 6.43. The minimum atomic E-state index is -0.705. The maximum absolute atomic E-state index is 12.8. The van der Waals surface area contributed by atoms with E-state index in [0.29, 0.717) is 25.9 Å². The van der Waals surface area contributed by atoms with E-state index < -0.39 is 11.6 Å². The zero-order valence-corrected chi connectivity index (χ0v) is 13.1. The number of rotatable bonds is 3. The first-order chi connectivity index (χ1) is 10.5. The number of carbonyl (C=O) groups is 3. The highest BCUT2D eigenvalue weighted by Gasteiger charge is 2.60. The number of likely N-dealkylation sites (tertiary alicyclic amines) is 1. The molecular formula is C16H23N3O3. The summed E-state index contributed by atoms with van der Waals surface area (Å²) in [6.45, 7) is 7.79. The molecule has 2 saturated heterocycles. The normalized spacial score (nSPS) is 24.6. The van der Waals surface area contributed by atoms with Gasteiger partial charge in [0.1, 0.15) is 11.6 Å². The van der Waals surface area contributed by atoms with Gasteiger partial charge in [-0.25, -0.2) is 0 Å². The first kappa shape index (κ1) is 15.1. The molecule has 1 unspecified atom stereocenters. The standard InChI is InChI=1S/C16H23N3O3/c1-3-13(20)19-11-10-18(15(22)16(19)6-7-16)12(2)14(21)17-8-4-5-9-17/h3,12H,1,4-11H2,2H3. The lowest BCUT2D eigenvalue weighted by Gasteiger charge is -2.43. The fraction of sp³-hybridized carbons (Fsp3) is 0.688. The van der Waals surface area contributed by atoms with Crippen LogP contribution in [-0.4, -0.2) is 70.2 Å². The van der Waals surface area contributed by atoms with Gasteiger partial charge in [0.2, 0.25) is 17.7 Å². The van der Waals surface area contributed by atoms with E-state index in [2.05, 4.69) is 6.58 Å². The maximum Gasteiger partial charge on any atom is 0.249 e. The molecule has 1 aliphatic carbocycles. The van der Waals surface area contributed by atoms with Crippen molar-refractivity contribution in [2.24, 2.45) is 0 Å². The number of amides is 3. The van der Waals surface area contributed by atoms with E-state index in [1.807, 2.05) is 4.90 Å². The predicted molar refractivity (Wildman–Crippen MR) is 80.9 cm³/mol. The molecule has 0 aromatic rings. The van der Waals surface area contributed by atoms with Crippen molar-refractivity contribution in [2.75, 3.05) is 26.2 Å². The molecule has 1 saturated carbocycles. The highest BCUT2D eigenvalue weighted by molar-refractivity contribution is 6.00. The molecule has 0 radical (unpaired) electrons. The molecule has 120 valence electrons. The van der Waals surface area contributed by atoms with Gasteiger partial charge in [-0.1, -0.05) is 6.58 Å². The SMILES string of the molecule is C=CC(=O)N1CCN(C(C)C(=O)N2CCCC2)C(=O)C12CC2. The lowest BCUT2D eigenvalue weighted by molar-refractivity contribution is -0.157. The van der Waals surface area contributed by atoms with Gasteiger partial charge in [-0.3, -0.25) is 14.4 Å². The first-order valence-electron chi connectivity index (χ1n) is 8.05. The molecule has 1 spiro atoms. The van der Waals surface area contributed by atoms with E-state index in [9.17, 15) is 14.4 Å². The van der Waals surface area contributed by atoms with Gasteiger partial charge in [0.05, 0.1) is 0 Å². The van der Waals surface area contributed by atoms with Gasteiger partial charge in [-0.05, 0) is 38.7 Å². The van der Waals surface area contributed by atoms with Crippen molar-refractivity contribution >= 4 is 17.7 Å². The average molecular weight is 305 g/mol. The summed E-state index contributed by atoms with van der Waals surface area (Å²) in [4.78, 5) is 42.5. The Morgan fingerprint density at radius 3 is 2.36 bits per heavy atom. The molecule has 0 aromatic carbocycles. The van der Waals surface area contributed by atoms with Crippen LogP contribution in [0.5, 0.6) is 0 Å². The summed E-state index contributed by atoms with van der Waals surface area (Å²) in [5.41, 5.74) is -0.705. The van der Waals surface area contributed by atoms with Crippen molar-refractivity contribution in [1.29, 1.82) is 0 Å². The Kier molecular flexibility index (Phi) is 3.70. The van der Waals surface area contributed by atoms with Crippen molar-refractivity contribution < 1.29 is 14.4 Å². The van der Waals surface area contributed by atoms with Crippen LogP contribution in [-0.2, 0) is 14.4 Å². The summed E-state index contributed by atoms with van der Waals surface area (Å²) in [5, 5.41) is 0. The van der Waals surface area contributed by atoms with Gasteiger partial charge in [0.15, 0.2) is 0 Å². The van der Waals surface area contributed by atoms with Gasteiger partial charge in [-0.2, -0.15) is 0 Å². The Hall–Kier alpha value is -1.85. The third-order valence-corrected chi connectivity index (χ3v) is 5.15. The predicted octanol–water partition coefficient (Wildman–Crippen LogP) is 0.387. The summed E-state index contributed by atoms with van der Waals surface area (Å²) in [5.74, 6) is -0.233. The topological polar surface area (TPSA) is 60.9 Å². The molecule has 6 heteroatoms. The van der Waals surface area contributed by atoms with Crippen LogP contribution in [0, 0.1) is 0 Å². The molecular weight excluding hydrogens is 282 g/mol. The molecule has 3 aliphatic rings. The molecule has 2 aliphatic heterocycles. The fourth-order valence-corrected chi connectivity index (χ4v) is 3.64. The molecule has 0 N–H and O–H groups in total. The average Bonchev–Trinajstić information content (AvgIpc) is 3.11. The largest absolute Gasteiger partial charge is 0.341 e. The van der Waals surface area contributed by atoms with E-state index in [0.717, 1.165) is 25.9 Å². The number of hydrogen-bond donors (Lipinski definition) is 0. The van der Waals surface area contributed by atoms with Gasteiger partial charge >= 0.3 is 0 Å². The molecule has 0 bridgehead atoms. The minimum Gasteiger partial charge on any atom is -0.341 e. The van der Waals surface area contributed by atoms with E-state index in [1.165, 1.54) is 6.08 Å². The molecule has 6 nitrogen and oxygen atoms in total. The third kappa shape index (κ3) is 2.21. The summed E-state index contributed by atoms with van der Waals surface area (Å²) in [7, 11) is 0. The summed E-state index contributed by atoms with van der Waals surface area (Å²) in [6, 6.07) is -0.441. The molecule has 3 rings (SSSR count). The molecule has 3 fully saturated rings. The minimum absolute atomic E-state index is 0.0325. The summed E-state index contributed by atoms with van der Waals surface area (Å²) >= 11 is 0. The second kappa shape index (κ2) is 5.41. The highest BCUT2D eigenvalue weighted by atomic mass is 16.2. The van der Waals surface area contributed by atoms with Crippen LogP contribution in [0.1, 0.15) is 32.6 Å². The zero-order valence-electron chi connectivity index (χ0n) is 13.1. The smallest absolute Gasteiger partial charge is 0.249 e. The monoisotopic (exact) mass is 305 g/mol. The van der Waals surface area contributed by atoms with Crippen LogP contribution in [0.3, 0.4) is 0 Å². The second-order valence-corrected chi connectivity index (χ2v) is 6.43. The van der Waals surface area contributed by atoms with E-state index >= 15 is 0 Å². The van der Waals surface area contributed by atoms with Crippen LogP contribution < -0.4 is 0 Å². The molecule has 1 atom stereocenters. The number of hydrogen-bond acceptors (Lipinski definition) is 3. The van der Waals surface area contributed by atoms with Crippen LogP contribution in [0.25, 0.3) is 0 Å². The zero-order chi connectivity index (χ0) is 15.9. The number of carbonyl (C=O) groups excluding carboxylic acids is 3. The van der Waals surface area contributed by atoms with Crippen LogP contribution in [0.15, 0.2) is 12.7 Å². The molecule has 22 heavy (non-hydrogen) atoms. The Morgan fingerprint density at radius 1 is 1.18 bits per heavy atom. The van der Waals surface area contributed by atoms with Crippen LogP contribution >= 0.6 is 0 Å². The lowest BCUT2D eigenvalue weighted by Crippen LogP contribution is -2.64. The molecule has 3 amide bonds.